The highest BCUT2D eigenvalue weighted by atomic mass is 16.5. The van der Waals surface area contributed by atoms with Crippen molar-refractivity contribution in [3.63, 3.8) is 0 Å². The fourth-order valence-corrected chi connectivity index (χ4v) is 2.54. The third kappa shape index (κ3) is 1.44. The van der Waals surface area contributed by atoms with Crippen LogP contribution in [0.1, 0.15) is 25.0 Å². The Morgan fingerprint density at radius 2 is 1.28 bits per heavy atom. The fraction of sp³-hybridized carbons (Fsp3) is 0.200. The van der Waals surface area contributed by atoms with E-state index in [9.17, 15) is 0 Å². The smallest absolute Gasteiger partial charge is 0.133 e. The Bertz CT molecular complexity index is 579. The van der Waals surface area contributed by atoms with Gasteiger partial charge in [-0.25, -0.2) is 0 Å². The van der Waals surface area contributed by atoms with Crippen molar-refractivity contribution in [3.8, 4) is 11.5 Å². The average molecular weight is 240 g/mol. The fourth-order valence-electron chi connectivity index (χ4n) is 2.54. The number of ether oxygens (including phenoxy) is 1. The molecule has 92 valence electrons. The third-order valence-corrected chi connectivity index (χ3v) is 3.58. The van der Waals surface area contributed by atoms with Crippen LogP contribution in [0, 0.1) is 0 Å². The molecule has 0 saturated carbocycles. The van der Waals surface area contributed by atoms with Crippen molar-refractivity contribution in [1.82, 2.24) is 0 Å². The summed E-state index contributed by atoms with van der Waals surface area (Å²) in [6.45, 7) is 4.36. The minimum atomic E-state index is -0.107. The molecular formula is C15H16N2O. The number of nitrogen functional groups attached to an aromatic ring is 2. The summed E-state index contributed by atoms with van der Waals surface area (Å²) in [4.78, 5) is 0. The molecule has 2 aromatic rings. The van der Waals surface area contributed by atoms with Gasteiger partial charge in [-0.2, -0.15) is 0 Å². The molecule has 18 heavy (non-hydrogen) atoms. The summed E-state index contributed by atoms with van der Waals surface area (Å²) in [7, 11) is 0. The summed E-state index contributed by atoms with van der Waals surface area (Å²) < 4.78 is 5.91. The highest BCUT2D eigenvalue weighted by Gasteiger charge is 2.34. The van der Waals surface area contributed by atoms with Gasteiger partial charge >= 0.3 is 0 Å². The molecule has 2 aromatic carbocycles. The van der Waals surface area contributed by atoms with Crippen molar-refractivity contribution >= 4 is 11.4 Å². The molecule has 0 aromatic heterocycles. The van der Waals surface area contributed by atoms with Crippen molar-refractivity contribution in [3.05, 3.63) is 47.5 Å². The molecule has 0 spiro atoms. The number of hydrogen-bond donors (Lipinski definition) is 2. The summed E-state index contributed by atoms with van der Waals surface area (Å²) in [6, 6.07) is 11.6. The highest BCUT2D eigenvalue weighted by molar-refractivity contribution is 5.63. The van der Waals surface area contributed by atoms with E-state index in [1.54, 1.807) is 0 Å². The van der Waals surface area contributed by atoms with Gasteiger partial charge in [0, 0.05) is 40.0 Å². The summed E-state index contributed by atoms with van der Waals surface area (Å²) in [5.74, 6) is 1.64. The van der Waals surface area contributed by atoms with Crippen LogP contribution < -0.4 is 16.2 Å². The van der Waals surface area contributed by atoms with E-state index in [0.29, 0.717) is 11.4 Å². The van der Waals surface area contributed by atoms with E-state index in [4.69, 9.17) is 16.2 Å². The van der Waals surface area contributed by atoms with Crippen LogP contribution in [0.3, 0.4) is 0 Å². The van der Waals surface area contributed by atoms with Crippen LogP contribution in [0.15, 0.2) is 36.4 Å². The predicted octanol–water partition coefficient (Wildman–Crippen LogP) is 3.28. The maximum atomic E-state index is 5.91. The maximum Gasteiger partial charge on any atom is 0.133 e. The van der Waals surface area contributed by atoms with Gasteiger partial charge in [-0.1, -0.05) is 26.0 Å². The van der Waals surface area contributed by atoms with Crippen molar-refractivity contribution < 1.29 is 4.74 Å². The number of rotatable bonds is 0. The second kappa shape index (κ2) is 3.42. The van der Waals surface area contributed by atoms with Gasteiger partial charge in [0.1, 0.15) is 11.5 Å². The van der Waals surface area contributed by atoms with Crippen LogP contribution >= 0.6 is 0 Å². The second-order valence-electron chi connectivity index (χ2n) is 5.24. The van der Waals surface area contributed by atoms with E-state index >= 15 is 0 Å². The first-order valence-corrected chi connectivity index (χ1v) is 5.96. The molecule has 1 heterocycles. The van der Waals surface area contributed by atoms with Crippen LogP contribution in [0.5, 0.6) is 11.5 Å². The van der Waals surface area contributed by atoms with E-state index in [1.165, 1.54) is 0 Å². The van der Waals surface area contributed by atoms with E-state index in [1.807, 2.05) is 36.4 Å². The van der Waals surface area contributed by atoms with Crippen molar-refractivity contribution in [2.24, 2.45) is 0 Å². The Hall–Kier alpha value is -2.16. The topological polar surface area (TPSA) is 61.3 Å². The molecule has 1 aliphatic heterocycles. The molecule has 3 heteroatoms. The first-order valence-electron chi connectivity index (χ1n) is 5.96. The molecule has 3 nitrogen and oxygen atoms in total. The molecule has 1 aliphatic rings. The van der Waals surface area contributed by atoms with Gasteiger partial charge in [-0.05, 0) is 12.1 Å². The van der Waals surface area contributed by atoms with Crippen LogP contribution in [0.25, 0.3) is 0 Å². The molecule has 0 saturated heterocycles. The van der Waals surface area contributed by atoms with Gasteiger partial charge in [0.15, 0.2) is 0 Å². The number of nitrogens with two attached hydrogens (primary N) is 2. The van der Waals surface area contributed by atoms with Crippen LogP contribution in [0.2, 0.25) is 0 Å². The molecule has 3 rings (SSSR count). The number of benzene rings is 2. The molecule has 0 amide bonds. The molecular weight excluding hydrogens is 224 g/mol. The normalized spacial score (nSPS) is 15.4. The van der Waals surface area contributed by atoms with Crippen molar-refractivity contribution in [2.45, 2.75) is 19.3 Å². The summed E-state index contributed by atoms with van der Waals surface area (Å²) in [5.41, 5.74) is 15.2. The van der Waals surface area contributed by atoms with Gasteiger partial charge < -0.3 is 16.2 Å². The summed E-state index contributed by atoms with van der Waals surface area (Å²) in [6.07, 6.45) is 0. The zero-order chi connectivity index (χ0) is 12.9. The van der Waals surface area contributed by atoms with Crippen LogP contribution in [-0.2, 0) is 5.41 Å². The Balaban J connectivity index is 2.25. The average Bonchev–Trinajstić information content (AvgIpc) is 2.27. The third-order valence-electron chi connectivity index (χ3n) is 3.58. The second-order valence-corrected chi connectivity index (χ2v) is 5.24. The van der Waals surface area contributed by atoms with Crippen LogP contribution in [0.4, 0.5) is 11.4 Å². The number of fused-ring (bicyclic) bond motifs is 2. The van der Waals surface area contributed by atoms with E-state index in [0.717, 1.165) is 22.6 Å². The SMILES string of the molecule is CC1(C)c2ccc(N)cc2Oc2cc(N)ccc21. The zero-order valence-electron chi connectivity index (χ0n) is 10.5. The van der Waals surface area contributed by atoms with Gasteiger partial charge in [-0.3, -0.25) is 0 Å². The van der Waals surface area contributed by atoms with Gasteiger partial charge in [0.2, 0.25) is 0 Å². The largest absolute Gasteiger partial charge is 0.457 e. The Kier molecular flexibility index (Phi) is 2.08. The predicted molar refractivity (Wildman–Crippen MR) is 73.9 cm³/mol. The first-order chi connectivity index (χ1) is 8.48. The Labute approximate surface area is 106 Å². The lowest BCUT2D eigenvalue weighted by Gasteiger charge is -2.34. The lowest BCUT2D eigenvalue weighted by Crippen LogP contribution is -2.24. The monoisotopic (exact) mass is 240 g/mol. The van der Waals surface area contributed by atoms with Gasteiger partial charge in [0.05, 0.1) is 0 Å². The molecule has 0 radical (unpaired) electrons. The first kappa shape index (κ1) is 11.0. The standard InChI is InChI=1S/C15H16N2O/c1-15(2)11-5-3-9(16)7-13(11)18-14-8-10(17)4-6-12(14)15/h3-8H,16-17H2,1-2H3. The molecule has 4 N–H and O–H groups in total. The molecule has 0 aliphatic carbocycles. The zero-order valence-corrected chi connectivity index (χ0v) is 10.5. The molecule has 0 bridgehead atoms. The minimum Gasteiger partial charge on any atom is -0.457 e. The highest BCUT2D eigenvalue weighted by Crippen LogP contribution is 2.48. The lowest BCUT2D eigenvalue weighted by atomic mass is 9.75. The molecule has 0 fully saturated rings. The van der Waals surface area contributed by atoms with Gasteiger partial charge in [0.25, 0.3) is 0 Å². The Morgan fingerprint density at radius 3 is 1.72 bits per heavy atom. The molecule has 0 unspecified atom stereocenters. The number of anilines is 2. The maximum absolute atomic E-state index is 5.91. The minimum absolute atomic E-state index is 0.107. The van der Waals surface area contributed by atoms with E-state index in [2.05, 4.69) is 13.8 Å². The van der Waals surface area contributed by atoms with Crippen LogP contribution in [-0.4, -0.2) is 0 Å². The summed E-state index contributed by atoms with van der Waals surface area (Å²) in [5, 5.41) is 0. The van der Waals surface area contributed by atoms with Crippen molar-refractivity contribution in [1.29, 1.82) is 0 Å². The Morgan fingerprint density at radius 1 is 0.833 bits per heavy atom. The molecule has 0 atom stereocenters. The van der Waals surface area contributed by atoms with Gasteiger partial charge in [-0.15, -0.1) is 0 Å². The van der Waals surface area contributed by atoms with E-state index < -0.39 is 0 Å². The number of hydrogen-bond acceptors (Lipinski definition) is 3. The van der Waals surface area contributed by atoms with E-state index in [-0.39, 0.29) is 5.41 Å². The summed E-state index contributed by atoms with van der Waals surface area (Å²) >= 11 is 0. The quantitative estimate of drug-likeness (QED) is 0.695. The lowest BCUT2D eigenvalue weighted by molar-refractivity contribution is 0.418. The van der Waals surface area contributed by atoms with Crippen molar-refractivity contribution in [2.75, 3.05) is 11.5 Å².